The predicted molar refractivity (Wildman–Crippen MR) is 68.6 cm³/mol. The van der Waals surface area contributed by atoms with E-state index in [9.17, 15) is 5.11 Å². The topological polar surface area (TPSA) is 26.7 Å². The average Bonchev–Trinajstić information content (AvgIpc) is 2.15. The molecule has 3 nitrogen and oxygen atoms in total. The van der Waals surface area contributed by atoms with Gasteiger partial charge in [-0.3, -0.25) is 9.80 Å². The average molecular weight is 228 g/mol. The van der Waals surface area contributed by atoms with Gasteiger partial charge >= 0.3 is 0 Å². The van der Waals surface area contributed by atoms with Crippen LogP contribution in [-0.2, 0) is 0 Å². The van der Waals surface area contributed by atoms with Crippen molar-refractivity contribution in [1.82, 2.24) is 9.80 Å². The molecule has 3 heteroatoms. The normalized spacial score (nSPS) is 25.7. The molecule has 1 aliphatic rings. The predicted octanol–water partition coefficient (Wildman–Crippen LogP) is 1.56. The zero-order valence-electron chi connectivity index (χ0n) is 11.7. The van der Waals surface area contributed by atoms with Gasteiger partial charge in [0.1, 0.15) is 0 Å². The fourth-order valence-corrected chi connectivity index (χ4v) is 2.53. The van der Waals surface area contributed by atoms with Crippen LogP contribution in [0.25, 0.3) is 0 Å². The molecule has 0 aromatic rings. The summed E-state index contributed by atoms with van der Waals surface area (Å²) in [5.41, 5.74) is -0.627. The van der Waals surface area contributed by atoms with Crippen LogP contribution in [0, 0.1) is 0 Å². The maximum atomic E-state index is 10.3. The van der Waals surface area contributed by atoms with Crippen molar-refractivity contribution < 1.29 is 5.11 Å². The van der Waals surface area contributed by atoms with Gasteiger partial charge in [-0.25, -0.2) is 0 Å². The third-order valence-corrected chi connectivity index (χ3v) is 3.66. The molecule has 1 saturated heterocycles. The van der Waals surface area contributed by atoms with Crippen molar-refractivity contribution in [1.29, 1.82) is 0 Å². The molecule has 0 amide bonds. The summed E-state index contributed by atoms with van der Waals surface area (Å²) < 4.78 is 0. The minimum Gasteiger partial charge on any atom is -0.389 e. The van der Waals surface area contributed by atoms with Gasteiger partial charge in [-0.2, -0.15) is 0 Å². The molecule has 0 aromatic heterocycles. The molecule has 1 heterocycles. The van der Waals surface area contributed by atoms with E-state index in [1.807, 2.05) is 13.8 Å². The SMILES string of the molecule is CC(C)N1CCN(C(C)C)[C@@H](C(C)(C)O)C1. The summed E-state index contributed by atoms with van der Waals surface area (Å²) in [4.78, 5) is 4.89. The molecule has 0 radical (unpaired) electrons. The molecule has 1 N–H and O–H groups in total. The van der Waals surface area contributed by atoms with Crippen molar-refractivity contribution in [2.45, 2.75) is 65.3 Å². The Labute approximate surface area is 100 Å². The van der Waals surface area contributed by atoms with Crippen LogP contribution < -0.4 is 0 Å². The highest BCUT2D eigenvalue weighted by Gasteiger charge is 2.38. The Balaban J connectivity index is 2.78. The van der Waals surface area contributed by atoms with Gasteiger partial charge in [0, 0.05) is 31.7 Å². The molecule has 1 atom stereocenters. The van der Waals surface area contributed by atoms with Gasteiger partial charge in [-0.15, -0.1) is 0 Å². The first-order chi connectivity index (χ1) is 7.23. The molecular weight excluding hydrogens is 200 g/mol. The molecule has 16 heavy (non-hydrogen) atoms. The van der Waals surface area contributed by atoms with Gasteiger partial charge in [-0.1, -0.05) is 0 Å². The van der Waals surface area contributed by atoms with Crippen LogP contribution in [0.4, 0.5) is 0 Å². The Morgan fingerprint density at radius 2 is 1.62 bits per heavy atom. The third-order valence-electron chi connectivity index (χ3n) is 3.66. The molecule has 0 spiro atoms. The molecule has 1 fully saturated rings. The first-order valence-corrected chi connectivity index (χ1v) is 6.45. The van der Waals surface area contributed by atoms with Gasteiger partial charge in [0.15, 0.2) is 0 Å². The van der Waals surface area contributed by atoms with Crippen LogP contribution in [0.3, 0.4) is 0 Å². The standard InChI is InChI=1S/C13H28N2O/c1-10(2)14-7-8-15(11(3)4)12(9-14)13(5,6)16/h10-12,16H,7-9H2,1-6H3/t12-/m1/s1. The zero-order valence-corrected chi connectivity index (χ0v) is 11.7. The van der Waals surface area contributed by atoms with Crippen molar-refractivity contribution in [3.8, 4) is 0 Å². The van der Waals surface area contributed by atoms with Crippen LogP contribution in [0.1, 0.15) is 41.5 Å². The van der Waals surface area contributed by atoms with Crippen molar-refractivity contribution in [3.63, 3.8) is 0 Å². The summed E-state index contributed by atoms with van der Waals surface area (Å²) in [6, 6.07) is 1.31. The lowest BCUT2D eigenvalue weighted by atomic mass is 9.93. The van der Waals surface area contributed by atoms with Gasteiger partial charge in [0.05, 0.1) is 11.6 Å². The Morgan fingerprint density at radius 3 is 2.00 bits per heavy atom. The lowest BCUT2D eigenvalue weighted by Gasteiger charge is -2.49. The maximum Gasteiger partial charge on any atom is 0.0758 e. The van der Waals surface area contributed by atoms with Crippen molar-refractivity contribution in [2.75, 3.05) is 19.6 Å². The minimum atomic E-state index is -0.627. The second-order valence-electron chi connectivity index (χ2n) is 6.09. The largest absolute Gasteiger partial charge is 0.389 e. The van der Waals surface area contributed by atoms with E-state index in [1.165, 1.54) is 0 Å². The quantitative estimate of drug-likeness (QED) is 0.794. The Hall–Kier alpha value is -0.120. The van der Waals surface area contributed by atoms with E-state index in [0.717, 1.165) is 19.6 Å². The highest BCUT2D eigenvalue weighted by atomic mass is 16.3. The molecule has 0 saturated carbocycles. The highest BCUT2D eigenvalue weighted by molar-refractivity contribution is 4.94. The van der Waals surface area contributed by atoms with E-state index in [2.05, 4.69) is 37.5 Å². The third kappa shape index (κ3) is 3.19. The second-order valence-corrected chi connectivity index (χ2v) is 6.09. The van der Waals surface area contributed by atoms with Gasteiger partial charge in [0.2, 0.25) is 0 Å². The molecular formula is C13H28N2O. The Kier molecular flexibility index (Phi) is 4.38. The molecule has 0 aromatic carbocycles. The summed E-state index contributed by atoms with van der Waals surface area (Å²) in [6.07, 6.45) is 0. The van der Waals surface area contributed by atoms with Crippen LogP contribution in [0.2, 0.25) is 0 Å². The molecule has 0 aliphatic carbocycles. The monoisotopic (exact) mass is 228 g/mol. The first-order valence-electron chi connectivity index (χ1n) is 6.45. The first kappa shape index (κ1) is 13.9. The summed E-state index contributed by atoms with van der Waals surface area (Å²) >= 11 is 0. The maximum absolute atomic E-state index is 10.3. The zero-order chi connectivity index (χ0) is 12.5. The van der Waals surface area contributed by atoms with Crippen molar-refractivity contribution >= 4 is 0 Å². The van der Waals surface area contributed by atoms with Crippen LogP contribution >= 0.6 is 0 Å². The Morgan fingerprint density at radius 1 is 1.06 bits per heavy atom. The molecule has 0 bridgehead atoms. The molecule has 0 unspecified atom stereocenters. The number of hydrogen-bond acceptors (Lipinski definition) is 3. The van der Waals surface area contributed by atoms with Crippen LogP contribution in [0.5, 0.6) is 0 Å². The lowest BCUT2D eigenvalue weighted by molar-refractivity contribution is -0.0736. The second kappa shape index (κ2) is 5.03. The highest BCUT2D eigenvalue weighted by Crippen LogP contribution is 2.23. The lowest BCUT2D eigenvalue weighted by Crippen LogP contribution is -2.63. The van der Waals surface area contributed by atoms with E-state index >= 15 is 0 Å². The fraction of sp³-hybridized carbons (Fsp3) is 1.00. The number of hydrogen-bond donors (Lipinski definition) is 1. The summed E-state index contributed by atoms with van der Waals surface area (Å²) in [5, 5.41) is 10.3. The van der Waals surface area contributed by atoms with Gasteiger partial charge in [0.25, 0.3) is 0 Å². The van der Waals surface area contributed by atoms with Gasteiger partial charge < -0.3 is 5.11 Å². The summed E-state index contributed by atoms with van der Waals surface area (Å²) in [5.74, 6) is 0. The summed E-state index contributed by atoms with van der Waals surface area (Å²) in [6.45, 7) is 15.9. The van der Waals surface area contributed by atoms with Crippen molar-refractivity contribution in [2.24, 2.45) is 0 Å². The molecule has 1 rings (SSSR count). The van der Waals surface area contributed by atoms with E-state index in [1.54, 1.807) is 0 Å². The smallest absolute Gasteiger partial charge is 0.0758 e. The van der Waals surface area contributed by atoms with E-state index in [4.69, 9.17) is 0 Å². The Bertz CT molecular complexity index is 220. The van der Waals surface area contributed by atoms with Gasteiger partial charge in [-0.05, 0) is 41.5 Å². The van der Waals surface area contributed by atoms with E-state index < -0.39 is 5.60 Å². The van der Waals surface area contributed by atoms with E-state index in [-0.39, 0.29) is 6.04 Å². The molecule has 1 aliphatic heterocycles. The number of nitrogens with zero attached hydrogens (tertiary/aromatic N) is 2. The molecule has 96 valence electrons. The van der Waals surface area contributed by atoms with Crippen LogP contribution in [0.15, 0.2) is 0 Å². The number of aliphatic hydroxyl groups is 1. The summed E-state index contributed by atoms with van der Waals surface area (Å²) in [7, 11) is 0. The van der Waals surface area contributed by atoms with Crippen LogP contribution in [-0.4, -0.2) is 58.3 Å². The van der Waals surface area contributed by atoms with Crippen molar-refractivity contribution in [3.05, 3.63) is 0 Å². The number of rotatable bonds is 3. The minimum absolute atomic E-state index is 0.239. The number of piperazine rings is 1. The van der Waals surface area contributed by atoms with E-state index in [0.29, 0.717) is 12.1 Å². The fourth-order valence-electron chi connectivity index (χ4n) is 2.53.